The molecule has 0 atom stereocenters. The number of carboxylic acids is 1. The molecule has 0 saturated carbocycles. The van der Waals surface area contributed by atoms with E-state index in [2.05, 4.69) is 0 Å². The Morgan fingerprint density at radius 2 is 1.90 bits per heavy atom. The molecule has 0 spiro atoms. The lowest BCUT2D eigenvalue weighted by Crippen LogP contribution is -1.98. The van der Waals surface area contributed by atoms with E-state index in [1.54, 1.807) is 7.11 Å². The normalized spacial score (nSPS) is 10.5. The number of hydrogen-bond acceptors (Lipinski definition) is 2. The van der Waals surface area contributed by atoms with E-state index in [1.807, 2.05) is 24.3 Å². The maximum absolute atomic E-state index is 13.9. The molecule has 0 aliphatic heterocycles. The summed E-state index contributed by atoms with van der Waals surface area (Å²) in [4.78, 5) is 10.8. The van der Waals surface area contributed by atoms with Crippen molar-refractivity contribution in [2.24, 2.45) is 0 Å². The number of aromatic carboxylic acids is 1. The molecule has 4 heteroatoms. The van der Waals surface area contributed by atoms with Gasteiger partial charge in [-0.2, -0.15) is 0 Å². The lowest BCUT2D eigenvalue weighted by Gasteiger charge is -2.06. The Labute approximate surface area is 116 Å². The van der Waals surface area contributed by atoms with Gasteiger partial charge < -0.3 is 9.84 Å². The summed E-state index contributed by atoms with van der Waals surface area (Å²) in [6.07, 6.45) is 0.803. The van der Waals surface area contributed by atoms with Crippen LogP contribution in [0.25, 0.3) is 11.1 Å². The van der Waals surface area contributed by atoms with Crippen LogP contribution in [0.1, 0.15) is 15.9 Å². The van der Waals surface area contributed by atoms with Crippen LogP contribution in [-0.4, -0.2) is 24.8 Å². The first-order valence-electron chi connectivity index (χ1n) is 6.23. The van der Waals surface area contributed by atoms with E-state index in [1.165, 1.54) is 12.1 Å². The van der Waals surface area contributed by atoms with Crippen LogP contribution >= 0.6 is 0 Å². The molecule has 0 fully saturated rings. The van der Waals surface area contributed by atoms with Crippen LogP contribution in [0.4, 0.5) is 4.39 Å². The fourth-order valence-corrected chi connectivity index (χ4v) is 1.95. The highest BCUT2D eigenvalue weighted by Crippen LogP contribution is 2.24. The second-order valence-corrected chi connectivity index (χ2v) is 4.44. The fourth-order valence-electron chi connectivity index (χ4n) is 1.95. The van der Waals surface area contributed by atoms with Gasteiger partial charge in [0, 0.05) is 12.7 Å². The standard InChI is InChI=1S/C16H15FO3/c1-20-9-8-11-2-4-12(5-3-11)14-7-6-13(16(18)19)10-15(14)17/h2-7,10H,8-9H2,1H3,(H,18,19). The average Bonchev–Trinajstić information content (AvgIpc) is 2.45. The molecule has 2 aromatic rings. The van der Waals surface area contributed by atoms with Gasteiger partial charge in [-0.1, -0.05) is 30.3 Å². The fraction of sp³-hybridized carbons (Fsp3) is 0.188. The smallest absolute Gasteiger partial charge is 0.335 e. The molecule has 0 radical (unpaired) electrons. The van der Waals surface area contributed by atoms with Crippen molar-refractivity contribution in [3.8, 4) is 11.1 Å². The lowest BCUT2D eigenvalue weighted by atomic mass is 10.0. The molecule has 104 valence electrons. The number of benzene rings is 2. The Hall–Kier alpha value is -2.20. The van der Waals surface area contributed by atoms with Gasteiger partial charge in [0.15, 0.2) is 0 Å². The van der Waals surface area contributed by atoms with Gasteiger partial charge in [0.05, 0.1) is 12.2 Å². The van der Waals surface area contributed by atoms with Crippen LogP contribution in [0.3, 0.4) is 0 Å². The number of methoxy groups -OCH3 is 1. The Bertz CT molecular complexity index is 606. The second-order valence-electron chi connectivity index (χ2n) is 4.44. The van der Waals surface area contributed by atoms with E-state index >= 15 is 0 Å². The van der Waals surface area contributed by atoms with Crippen LogP contribution in [-0.2, 0) is 11.2 Å². The van der Waals surface area contributed by atoms with Crippen LogP contribution in [0.15, 0.2) is 42.5 Å². The summed E-state index contributed by atoms with van der Waals surface area (Å²) < 4.78 is 18.9. The molecule has 0 saturated heterocycles. The molecular formula is C16H15FO3. The van der Waals surface area contributed by atoms with Crippen LogP contribution < -0.4 is 0 Å². The van der Waals surface area contributed by atoms with Crippen molar-refractivity contribution in [3.63, 3.8) is 0 Å². The Kier molecular flexibility index (Phi) is 4.48. The molecule has 2 aromatic carbocycles. The number of hydrogen-bond donors (Lipinski definition) is 1. The van der Waals surface area contributed by atoms with Crippen molar-refractivity contribution in [2.45, 2.75) is 6.42 Å². The molecule has 3 nitrogen and oxygen atoms in total. The maximum Gasteiger partial charge on any atom is 0.335 e. The molecule has 1 N–H and O–H groups in total. The zero-order valence-electron chi connectivity index (χ0n) is 11.1. The highest BCUT2D eigenvalue weighted by atomic mass is 19.1. The zero-order chi connectivity index (χ0) is 14.5. The van der Waals surface area contributed by atoms with E-state index in [9.17, 15) is 9.18 Å². The minimum Gasteiger partial charge on any atom is -0.478 e. The third kappa shape index (κ3) is 3.22. The van der Waals surface area contributed by atoms with Crippen molar-refractivity contribution < 1.29 is 19.0 Å². The van der Waals surface area contributed by atoms with Gasteiger partial charge in [-0.3, -0.25) is 0 Å². The summed E-state index contributed by atoms with van der Waals surface area (Å²) in [6.45, 7) is 0.640. The van der Waals surface area contributed by atoms with Crippen molar-refractivity contribution in [1.82, 2.24) is 0 Å². The predicted octanol–water partition coefficient (Wildman–Crippen LogP) is 3.38. The minimum absolute atomic E-state index is 0.0528. The van der Waals surface area contributed by atoms with Crippen molar-refractivity contribution in [3.05, 3.63) is 59.4 Å². The largest absolute Gasteiger partial charge is 0.478 e. The number of halogens is 1. The lowest BCUT2D eigenvalue weighted by molar-refractivity contribution is 0.0696. The molecule has 0 aliphatic rings. The first-order chi connectivity index (χ1) is 9.61. The number of rotatable bonds is 5. The molecule has 2 rings (SSSR count). The maximum atomic E-state index is 13.9. The summed E-state index contributed by atoms with van der Waals surface area (Å²) in [7, 11) is 1.65. The summed E-state index contributed by atoms with van der Waals surface area (Å²) in [6, 6.07) is 11.4. The highest BCUT2D eigenvalue weighted by Gasteiger charge is 2.09. The molecule has 20 heavy (non-hydrogen) atoms. The van der Waals surface area contributed by atoms with Crippen LogP contribution in [0.2, 0.25) is 0 Å². The molecule has 0 amide bonds. The third-order valence-corrected chi connectivity index (χ3v) is 3.08. The van der Waals surface area contributed by atoms with Crippen molar-refractivity contribution >= 4 is 5.97 Å². The van der Waals surface area contributed by atoms with Gasteiger partial charge >= 0.3 is 5.97 Å². The third-order valence-electron chi connectivity index (χ3n) is 3.08. The van der Waals surface area contributed by atoms with Gasteiger partial charge in [0.25, 0.3) is 0 Å². The predicted molar refractivity (Wildman–Crippen MR) is 74.4 cm³/mol. The van der Waals surface area contributed by atoms with Gasteiger partial charge in [0.1, 0.15) is 5.82 Å². The first kappa shape index (κ1) is 14.2. The van der Waals surface area contributed by atoms with Crippen molar-refractivity contribution in [1.29, 1.82) is 0 Å². The Morgan fingerprint density at radius 3 is 2.45 bits per heavy atom. The summed E-state index contributed by atoms with van der Waals surface area (Å²) >= 11 is 0. The minimum atomic E-state index is -1.13. The quantitative estimate of drug-likeness (QED) is 0.909. The monoisotopic (exact) mass is 274 g/mol. The Balaban J connectivity index is 2.25. The van der Waals surface area contributed by atoms with E-state index in [4.69, 9.17) is 9.84 Å². The number of ether oxygens (including phenoxy) is 1. The van der Waals surface area contributed by atoms with E-state index in [0.717, 1.165) is 23.6 Å². The van der Waals surface area contributed by atoms with Crippen LogP contribution in [0.5, 0.6) is 0 Å². The first-order valence-corrected chi connectivity index (χ1v) is 6.23. The average molecular weight is 274 g/mol. The summed E-state index contributed by atoms with van der Waals surface area (Å²) in [5, 5.41) is 8.81. The SMILES string of the molecule is COCCc1ccc(-c2ccc(C(=O)O)cc2F)cc1. The Morgan fingerprint density at radius 1 is 1.20 bits per heavy atom. The second kappa shape index (κ2) is 6.30. The summed E-state index contributed by atoms with van der Waals surface area (Å²) in [5.74, 6) is -1.67. The van der Waals surface area contributed by atoms with E-state index in [0.29, 0.717) is 12.2 Å². The van der Waals surface area contributed by atoms with Gasteiger partial charge in [-0.05, 0) is 29.7 Å². The highest BCUT2D eigenvalue weighted by molar-refractivity contribution is 5.88. The molecule has 0 unspecified atom stereocenters. The van der Waals surface area contributed by atoms with Gasteiger partial charge in [0.2, 0.25) is 0 Å². The zero-order valence-corrected chi connectivity index (χ0v) is 11.1. The molecular weight excluding hydrogens is 259 g/mol. The van der Waals surface area contributed by atoms with Gasteiger partial charge in [-0.15, -0.1) is 0 Å². The number of carbonyl (C=O) groups is 1. The van der Waals surface area contributed by atoms with E-state index in [-0.39, 0.29) is 5.56 Å². The topological polar surface area (TPSA) is 46.5 Å². The van der Waals surface area contributed by atoms with Crippen molar-refractivity contribution in [2.75, 3.05) is 13.7 Å². The van der Waals surface area contributed by atoms with E-state index < -0.39 is 11.8 Å². The molecule has 0 aromatic heterocycles. The summed E-state index contributed by atoms with van der Waals surface area (Å²) in [5.41, 5.74) is 2.18. The van der Waals surface area contributed by atoms with Crippen LogP contribution in [0, 0.1) is 5.82 Å². The molecule has 0 aliphatic carbocycles. The molecule has 0 bridgehead atoms. The van der Waals surface area contributed by atoms with Gasteiger partial charge in [-0.25, -0.2) is 9.18 Å². The number of carboxylic acid groups (broad SMARTS) is 1. The molecule has 0 heterocycles.